The van der Waals surface area contributed by atoms with Crippen molar-refractivity contribution in [2.24, 2.45) is 0 Å². The molecule has 124 valence electrons. The number of thiocarbonyl (C=S) groups is 1. The first-order valence-corrected chi connectivity index (χ1v) is 9.11. The summed E-state index contributed by atoms with van der Waals surface area (Å²) in [4.78, 5) is 2.35. The molecular weight excluding hydrogens is 288 g/mol. The maximum absolute atomic E-state index is 5.66. The van der Waals surface area contributed by atoms with E-state index in [9.17, 15) is 0 Å². The van der Waals surface area contributed by atoms with Gasteiger partial charge in [0, 0.05) is 18.8 Å². The summed E-state index contributed by atoms with van der Waals surface area (Å²) in [5.41, 5.74) is 3.65. The van der Waals surface area contributed by atoms with E-state index in [0.29, 0.717) is 0 Å². The molecule has 0 saturated heterocycles. The third-order valence-corrected chi connectivity index (χ3v) is 4.18. The summed E-state index contributed by atoms with van der Waals surface area (Å²) in [6.45, 7) is 10.9. The van der Waals surface area contributed by atoms with Crippen LogP contribution in [0.5, 0.6) is 0 Å². The summed E-state index contributed by atoms with van der Waals surface area (Å²) in [6.07, 6.45) is 7.49. The van der Waals surface area contributed by atoms with Crippen LogP contribution in [0.25, 0.3) is 0 Å². The smallest absolute Gasteiger partial charge is 0.173 e. The lowest BCUT2D eigenvalue weighted by Gasteiger charge is -2.26. The van der Waals surface area contributed by atoms with Gasteiger partial charge in [0.1, 0.15) is 0 Å². The van der Waals surface area contributed by atoms with Crippen LogP contribution in [0.4, 0.5) is 5.69 Å². The van der Waals surface area contributed by atoms with Crippen LogP contribution in [-0.2, 0) is 0 Å². The zero-order valence-corrected chi connectivity index (χ0v) is 15.6. The second kappa shape index (κ2) is 10.6. The molecule has 1 N–H and O–H groups in total. The highest BCUT2D eigenvalue weighted by molar-refractivity contribution is 7.80. The molecular formula is C19H32N2S. The van der Waals surface area contributed by atoms with E-state index >= 15 is 0 Å². The highest BCUT2D eigenvalue weighted by Crippen LogP contribution is 2.15. The summed E-state index contributed by atoms with van der Waals surface area (Å²) in [6, 6.07) is 6.51. The summed E-state index contributed by atoms with van der Waals surface area (Å²) in [5, 5.41) is 4.31. The molecule has 0 radical (unpaired) electrons. The van der Waals surface area contributed by atoms with Gasteiger partial charge in [0.15, 0.2) is 5.11 Å². The molecule has 0 aliphatic rings. The maximum atomic E-state index is 5.66. The highest BCUT2D eigenvalue weighted by atomic mass is 32.1. The van der Waals surface area contributed by atoms with Crippen molar-refractivity contribution in [1.82, 2.24) is 4.90 Å². The number of aryl methyl sites for hydroxylation is 2. The Kier molecular flexibility index (Phi) is 9.14. The number of anilines is 1. The van der Waals surface area contributed by atoms with Crippen LogP contribution in [0.3, 0.4) is 0 Å². The summed E-state index contributed by atoms with van der Waals surface area (Å²) < 4.78 is 0. The number of hydrogen-bond donors (Lipinski definition) is 1. The SMILES string of the molecule is CCCCCN(CCCCC)C(=S)Nc1cc(C)cc(C)c1. The van der Waals surface area contributed by atoms with Gasteiger partial charge in [-0.1, -0.05) is 45.6 Å². The minimum Gasteiger partial charge on any atom is -0.349 e. The van der Waals surface area contributed by atoms with Crippen LogP contribution in [0.2, 0.25) is 0 Å². The third kappa shape index (κ3) is 7.26. The van der Waals surface area contributed by atoms with Crippen molar-refractivity contribution in [3.05, 3.63) is 29.3 Å². The predicted molar refractivity (Wildman–Crippen MR) is 103 cm³/mol. The molecule has 0 aliphatic carbocycles. The molecule has 0 spiro atoms. The Bertz CT molecular complexity index is 426. The largest absolute Gasteiger partial charge is 0.349 e. The Morgan fingerprint density at radius 3 is 1.86 bits per heavy atom. The molecule has 0 unspecified atom stereocenters. The molecule has 1 rings (SSSR count). The highest BCUT2D eigenvalue weighted by Gasteiger charge is 2.09. The molecule has 0 saturated carbocycles. The van der Waals surface area contributed by atoms with Crippen LogP contribution >= 0.6 is 12.2 Å². The standard InChI is InChI=1S/C19H32N2S/c1-5-7-9-11-21(12-10-8-6-2)19(22)20-18-14-16(3)13-17(4)15-18/h13-15H,5-12H2,1-4H3,(H,20,22). The van der Waals surface area contributed by atoms with Crippen molar-refractivity contribution in [2.45, 2.75) is 66.2 Å². The van der Waals surface area contributed by atoms with Crippen LogP contribution < -0.4 is 5.32 Å². The molecule has 1 aromatic rings. The van der Waals surface area contributed by atoms with Crippen molar-refractivity contribution in [2.75, 3.05) is 18.4 Å². The Balaban J connectivity index is 2.63. The van der Waals surface area contributed by atoms with Gasteiger partial charge in [0.05, 0.1) is 0 Å². The molecule has 3 heteroatoms. The Labute approximate surface area is 142 Å². The van der Waals surface area contributed by atoms with Gasteiger partial charge in [-0.2, -0.15) is 0 Å². The fraction of sp³-hybridized carbons (Fsp3) is 0.632. The average Bonchev–Trinajstić information content (AvgIpc) is 2.44. The minimum atomic E-state index is 0.872. The fourth-order valence-electron chi connectivity index (χ4n) is 2.67. The lowest BCUT2D eigenvalue weighted by atomic mass is 10.1. The fourth-order valence-corrected chi connectivity index (χ4v) is 2.97. The van der Waals surface area contributed by atoms with Gasteiger partial charge in [0.2, 0.25) is 0 Å². The zero-order valence-electron chi connectivity index (χ0n) is 14.7. The van der Waals surface area contributed by atoms with Crippen molar-refractivity contribution in [3.63, 3.8) is 0 Å². The van der Waals surface area contributed by atoms with Gasteiger partial charge in [0.25, 0.3) is 0 Å². The van der Waals surface area contributed by atoms with E-state index in [-0.39, 0.29) is 0 Å². The van der Waals surface area contributed by atoms with Crippen molar-refractivity contribution >= 4 is 23.0 Å². The van der Waals surface area contributed by atoms with Crippen LogP contribution in [0, 0.1) is 13.8 Å². The molecule has 0 aliphatic heterocycles. The van der Waals surface area contributed by atoms with Crippen molar-refractivity contribution < 1.29 is 0 Å². The van der Waals surface area contributed by atoms with Crippen LogP contribution in [0.15, 0.2) is 18.2 Å². The zero-order chi connectivity index (χ0) is 16.4. The quantitative estimate of drug-likeness (QED) is 0.465. The second-order valence-corrected chi connectivity index (χ2v) is 6.59. The number of hydrogen-bond acceptors (Lipinski definition) is 1. The first-order valence-electron chi connectivity index (χ1n) is 8.71. The molecule has 22 heavy (non-hydrogen) atoms. The number of nitrogens with one attached hydrogen (secondary N) is 1. The Morgan fingerprint density at radius 2 is 1.41 bits per heavy atom. The van der Waals surface area contributed by atoms with Gasteiger partial charge in [-0.25, -0.2) is 0 Å². The summed E-state index contributed by atoms with van der Waals surface area (Å²) in [5.74, 6) is 0. The number of rotatable bonds is 9. The average molecular weight is 321 g/mol. The molecule has 1 aromatic carbocycles. The topological polar surface area (TPSA) is 15.3 Å². The van der Waals surface area contributed by atoms with E-state index in [4.69, 9.17) is 12.2 Å². The van der Waals surface area contributed by atoms with E-state index in [1.54, 1.807) is 0 Å². The lowest BCUT2D eigenvalue weighted by molar-refractivity contribution is 0.395. The Morgan fingerprint density at radius 1 is 0.909 bits per heavy atom. The van der Waals surface area contributed by atoms with Crippen LogP contribution in [0.1, 0.15) is 63.5 Å². The molecule has 2 nitrogen and oxygen atoms in total. The van der Waals surface area contributed by atoms with E-state index in [1.807, 2.05) is 0 Å². The van der Waals surface area contributed by atoms with Crippen molar-refractivity contribution in [3.8, 4) is 0 Å². The molecule has 0 aromatic heterocycles. The normalized spacial score (nSPS) is 10.5. The lowest BCUT2D eigenvalue weighted by Crippen LogP contribution is -2.36. The molecule has 0 amide bonds. The van der Waals surface area contributed by atoms with Gasteiger partial charge in [-0.15, -0.1) is 0 Å². The molecule has 0 fully saturated rings. The first-order chi connectivity index (χ1) is 10.6. The third-order valence-electron chi connectivity index (χ3n) is 3.82. The van der Waals surface area contributed by atoms with E-state index in [0.717, 1.165) is 23.9 Å². The minimum absolute atomic E-state index is 0.872. The van der Waals surface area contributed by atoms with Crippen molar-refractivity contribution in [1.29, 1.82) is 0 Å². The monoisotopic (exact) mass is 320 g/mol. The second-order valence-electron chi connectivity index (χ2n) is 6.21. The van der Waals surface area contributed by atoms with E-state index < -0.39 is 0 Å². The van der Waals surface area contributed by atoms with Gasteiger partial charge in [-0.05, 0) is 62.2 Å². The van der Waals surface area contributed by atoms with Gasteiger partial charge in [-0.3, -0.25) is 0 Å². The number of benzene rings is 1. The van der Waals surface area contributed by atoms with E-state index in [1.165, 1.54) is 49.7 Å². The maximum Gasteiger partial charge on any atom is 0.173 e. The molecule has 0 bridgehead atoms. The Hall–Kier alpha value is -1.09. The van der Waals surface area contributed by atoms with Gasteiger partial charge < -0.3 is 10.2 Å². The van der Waals surface area contributed by atoms with Gasteiger partial charge >= 0.3 is 0 Å². The predicted octanol–water partition coefficient (Wildman–Crippen LogP) is 5.68. The number of nitrogens with zero attached hydrogens (tertiary/aromatic N) is 1. The van der Waals surface area contributed by atoms with E-state index in [2.05, 4.69) is 56.1 Å². The molecule has 0 atom stereocenters. The summed E-state index contributed by atoms with van der Waals surface area (Å²) in [7, 11) is 0. The first kappa shape index (κ1) is 19.0. The van der Waals surface area contributed by atoms with Crippen LogP contribution in [-0.4, -0.2) is 23.1 Å². The number of unbranched alkanes of at least 4 members (excludes halogenated alkanes) is 4. The molecule has 0 heterocycles. The summed E-state index contributed by atoms with van der Waals surface area (Å²) >= 11 is 5.66.